The second-order valence-corrected chi connectivity index (χ2v) is 8.15. The molecule has 3 rings (SSSR count). The third-order valence-corrected chi connectivity index (χ3v) is 6.09. The Bertz CT molecular complexity index is 807. The van der Waals surface area contributed by atoms with Crippen molar-refractivity contribution in [1.82, 2.24) is 15.5 Å². The molecule has 170 valence electrons. The number of hydrogen-bond donors (Lipinski definition) is 2. The molecule has 0 aliphatic carbocycles. The average Bonchev–Trinajstić information content (AvgIpc) is 3.33. The second kappa shape index (κ2) is 12.5. The molecule has 2 aromatic rings. The molecule has 1 aliphatic heterocycles. The Morgan fingerprint density at radius 2 is 2.03 bits per heavy atom. The largest absolute Gasteiger partial charge is 0.493 e. The van der Waals surface area contributed by atoms with E-state index in [0.29, 0.717) is 19.2 Å². The number of benzene rings is 1. The number of nitrogens with zero attached hydrogens (tertiary/aromatic N) is 2. The first-order chi connectivity index (χ1) is 15.2. The Balaban J connectivity index is 1.67. The van der Waals surface area contributed by atoms with Crippen molar-refractivity contribution in [2.24, 2.45) is 4.99 Å². The summed E-state index contributed by atoms with van der Waals surface area (Å²) >= 11 is 1.80. The summed E-state index contributed by atoms with van der Waals surface area (Å²) in [5, 5.41) is 9.04. The number of nitrogens with one attached hydrogen (secondary N) is 2. The summed E-state index contributed by atoms with van der Waals surface area (Å²) in [6, 6.07) is 10.6. The van der Waals surface area contributed by atoms with Crippen molar-refractivity contribution in [2.45, 2.75) is 26.4 Å². The third-order valence-electron chi connectivity index (χ3n) is 5.11. The first-order valence-corrected chi connectivity index (χ1v) is 11.8. The molecule has 0 amide bonds. The zero-order valence-corrected chi connectivity index (χ0v) is 19.5. The molecule has 0 bridgehead atoms. The van der Waals surface area contributed by atoms with Gasteiger partial charge in [0.05, 0.1) is 39.5 Å². The van der Waals surface area contributed by atoms with E-state index < -0.39 is 0 Å². The van der Waals surface area contributed by atoms with E-state index in [-0.39, 0.29) is 0 Å². The van der Waals surface area contributed by atoms with Gasteiger partial charge in [0.1, 0.15) is 0 Å². The molecule has 1 aromatic carbocycles. The molecule has 2 heterocycles. The fourth-order valence-electron chi connectivity index (χ4n) is 3.57. The summed E-state index contributed by atoms with van der Waals surface area (Å²) in [4.78, 5) is 8.64. The van der Waals surface area contributed by atoms with Crippen LogP contribution in [-0.4, -0.2) is 64.0 Å². The maximum Gasteiger partial charge on any atom is 0.191 e. The molecule has 1 aliphatic rings. The van der Waals surface area contributed by atoms with Crippen LogP contribution < -0.4 is 20.1 Å². The van der Waals surface area contributed by atoms with Gasteiger partial charge in [0.2, 0.25) is 0 Å². The van der Waals surface area contributed by atoms with Gasteiger partial charge in [0.15, 0.2) is 17.5 Å². The summed E-state index contributed by atoms with van der Waals surface area (Å²) in [5.74, 6) is 2.30. The lowest BCUT2D eigenvalue weighted by Gasteiger charge is -2.34. The van der Waals surface area contributed by atoms with E-state index in [1.165, 1.54) is 4.88 Å². The number of methoxy groups -OCH3 is 1. The number of rotatable bonds is 10. The second-order valence-electron chi connectivity index (χ2n) is 7.17. The smallest absolute Gasteiger partial charge is 0.191 e. The van der Waals surface area contributed by atoms with Gasteiger partial charge in [0, 0.05) is 31.1 Å². The minimum atomic E-state index is 0.304. The number of morpholine rings is 1. The monoisotopic (exact) mass is 446 g/mol. The molecule has 1 aromatic heterocycles. The first-order valence-electron chi connectivity index (χ1n) is 10.9. The number of thiophene rings is 1. The average molecular weight is 447 g/mol. The maximum atomic E-state index is 5.61. The molecule has 1 atom stereocenters. The molecule has 1 fully saturated rings. The SMILES string of the molecule is CCNC(=NCc1ccc(OCC)c(OC)c1)NCC(c1cccs1)N1CCOCC1. The quantitative estimate of drug-likeness (QED) is 0.431. The number of hydrogen-bond acceptors (Lipinski definition) is 6. The van der Waals surface area contributed by atoms with Crippen LogP contribution in [-0.2, 0) is 11.3 Å². The first kappa shape index (κ1) is 23.4. The number of ether oxygens (including phenoxy) is 3. The Hall–Kier alpha value is -2.29. The van der Waals surface area contributed by atoms with Crippen LogP contribution in [0.25, 0.3) is 0 Å². The zero-order chi connectivity index (χ0) is 21.9. The van der Waals surface area contributed by atoms with Crippen LogP contribution >= 0.6 is 11.3 Å². The molecular weight excluding hydrogens is 412 g/mol. The summed E-state index contributed by atoms with van der Waals surface area (Å²) in [6.45, 7) is 10.3. The Morgan fingerprint density at radius 3 is 2.71 bits per heavy atom. The number of guanidine groups is 1. The summed E-state index contributed by atoms with van der Waals surface area (Å²) in [7, 11) is 1.66. The van der Waals surface area contributed by atoms with Gasteiger partial charge in [-0.2, -0.15) is 0 Å². The highest BCUT2D eigenvalue weighted by molar-refractivity contribution is 7.10. The topological polar surface area (TPSA) is 67.4 Å². The van der Waals surface area contributed by atoms with Crippen LogP contribution in [0.15, 0.2) is 40.7 Å². The number of aliphatic imine (C=N–C) groups is 1. The van der Waals surface area contributed by atoms with Gasteiger partial charge in [-0.1, -0.05) is 12.1 Å². The van der Waals surface area contributed by atoms with Gasteiger partial charge >= 0.3 is 0 Å². The van der Waals surface area contributed by atoms with Gasteiger partial charge in [-0.25, -0.2) is 4.99 Å². The van der Waals surface area contributed by atoms with E-state index in [4.69, 9.17) is 19.2 Å². The highest BCUT2D eigenvalue weighted by atomic mass is 32.1. The standard InChI is InChI=1S/C23H34N4O3S/c1-4-24-23(25-16-18-8-9-20(30-5-2)21(15-18)28-3)26-17-19(22-7-6-14-31-22)27-10-12-29-13-11-27/h6-9,14-15,19H,4-5,10-13,16-17H2,1-3H3,(H2,24,25,26). The van der Waals surface area contributed by atoms with Crippen LogP contribution in [0.2, 0.25) is 0 Å². The molecule has 7 nitrogen and oxygen atoms in total. The molecule has 0 saturated carbocycles. The molecule has 1 unspecified atom stereocenters. The lowest BCUT2D eigenvalue weighted by atomic mass is 10.2. The molecule has 8 heteroatoms. The van der Waals surface area contributed by atoms with Crippen molar-refractivity contribution in [2.75, 3.05) is 53.1 Å². The minimum Gasteiger partial charge on any atom is -0.493 e. The zero-order valence-electron chi connectivity index (χ0n) is 18.7. The van der Waals surface area contributed by atoms with Crippen molar-refractivity contribution < 1.29 is 14.2 Å². The Kier molecular flexibility index (Phi) is 9.45. The van der Waals surface area contributed by atoms with E-state index in [1.54, 1.807) is 18.4 Å². The van der Waals surface area contributed by atoms with E-state index >= 15 is 0 Å². The van der Waals surface area contributed by atoms with Crippen LogP contribution in [0.3, 0.4) is 0 Å². The minimum absolute atomic E-state index is 0.304. The van der Waals surface area contributed by atoms with Crippen molar-refractivity contribution >= 4 is 17.3 Å². The van der Waals surface area contributed by atoms with Gasteiger partial charge in [-0.15, -0.1) is 11.3 Å². The molecule has 0 spiro atoms. The van der Waals surface area contributed by atoms with Crippen LogP contribution in [0.1, 0.15) is 30.3 Å². The summed E-state index contributed by atoms with van der Waals surface area (Å²) in [6.07, 6.45) is 0. The van der Waals surface area contributed by atoms with Gasteiger partial charge in [0.25, 0.3) is 0 Å². The molecular formula is C23H34N4O3S. The van der Waals surface area contributed by atoms with Gasteiger partial charge in [-0.05, 0) is 43.0 Å². The van der Waals surface area contributed by atoms with Crippen LogP contribution in [0.4, 0.5) is 0 Å². The van der Waals surface area contributed by atoms with E-state index in [9.17, 15) is 0 Å². The summed E-state index contributed by atoms with van der Waals surface area (Å²) < 4.78 is 16.6. The van der Waals surface area contributed by atoms with Crippen LogP contribution in [0, 0.1) is 0 Å². The third kappa shape index (κ3) is 6.85. The van der Waals surface area contributed by atoms with Gasteiger partial charge < -0.3 is 24.8 Å². The van der Waals surface area contributed by atoms with E-state index in [2.05, 4.69) is 40.0 Å². The fourth-order valence-corrected chi connectivity index (χ4v) is 4.43. The fraction of sp³-hybridized carbons (Fsp3) is 0.522. The van der Waals surface area contributed by atoms with E-state index in [0.717, 1.165) is 62.4 Å². The summed E-state index contributed by atoms with van der Waals surface area (Å²) in [5.41, 5.74) is 1.07. The van der Waals surface area contributed by atoms with Crippen molar-refractivity contribution in [1.29, 1.82) is 0 Å². The molecule has 0 radical (unpaired) electrons. The Labute approximate surface area is 189 Å². The molecule has 31 heavy (non-hydrogen) atoms. The predicted octanol–water partition coefficient (Wildman–Crippen LogP) is 3.28. The normalized spacial score (nSPS) is 16.0. The maximum absolute atomic E-state index is 5.61. The van der Waals surface area contributed by atoms with E-state index in [1.807, 2.05) is 25.1 Å². The van der Waals surface area contributed by atoms with Crippen molar-refractivity contribution in [3.8, 4) is 11.5 Å². The highest BCUT2D eigenvalue weighted by Gasteiger charge is 2.23. The molecule has 2 N–H and O–H groups in total. The predicted molar refractivity (Wildman–Crippen MR) is 126 cm³/mol. The molecule has 1 saturated heterocycles. The highest BCUT2D eigenvalue weighted by Crippen LogP contribution is 2.28. The lowest BCUT2D eigenvalue weighted by molar-refractivity contribution is 0.0177. The van der Waals surface area contributed by atoms with Crippen molar-refractivity contribution in [3.63, 3.8) is 0 Å². The lowest BCUT2D eigenvalue weighted by Crippen LogP contribution is -2.46. The van der Waals surface area contributed by atoms with Crippen molar-refractivity contribution in [3.05, 3.63) is 46.2 Å². The van der Waals surface area contributed by atoms with Gasteiger partial charge in [-0.3, -0.25) is 4.90 Å². The van der Waals surface area contributed by atoms with Crippen LogP contribution in [0.5, 0.6) is 11.5 Å². The Morgan fingerprint density at radius 1 is 1.19 bits per heavy atom.